The highest BCUT2D eigenvalue weighted by Crippen LogP contribution is 2.50. The molecule has 410 valence electrons. The average Bonchev–Trinajstić information content (AvgIpc) is 3.72. The molecule has 10 aromatic carbocycles. The van der Waals surface area contributed by atoms with Crippen molar-refractivity contribution in [3.63, 3.8) is 0 Å². The number of nitrogens with zero attached hydrogens (tertiary/aromatic N) is 4. The quantitative estimate of drug-likeness (QED) is 0.145. The van der Waals surface area contributed by atoms with Crippen molar-refractivity contribution in [2.45, 2.75) is 105 Å². The van der Waals surface area contributed by atoms with Gasteiger partial charge in [0.15, 0.2) is 17.5 Å². The van der Waals surface area contributed by atoms with Crippen LogP contribution in [0.2, 0.25) is 0 Å². The first-order valence-corrected chi connectivity index (χ1v) is 29.3. The molecule has 0 N–H and O–H groups in total. The van der Waals surface area contributed by atoms with E-state index >= 15 is 0 Å². The molecule has 0 aliphatic heterocycles. The van der Waals surface area contributed by atoms with E-state index in [2.05, 4.69) is 318 Å². The zero-order valence-electron chi connectivity index (χ0n) is 50.2. The van der Waals surface area contributed by atoms with Gasteiger partial charge in [-0.05, 0) is 131 Å². The van der Waals surface area contributed by atoms with Crippen LogP contribution in [-0.2, 0) is 21.7 Å². The molecule has 83 heavy (non-hydrogen) atoms. The van der Waals surface area contributed by atoms with E-state index in [1.165, 1.54) is 44.1 Å². The second-order valence-electron chi connectivity index (χ2n) is 26.6. The molecule has 0 atom stereocenters. The second kappa shape index (κ2) is 21.1. The number of hydrogen-bond acceptors (Lipinski definition) is 3. The molecule has 2 heterocycles. The summed E-state index contributed by atoms with van der Waals surface area (Å²) in [6, 6.07) is 83.8. The Kier molecular flexibility index (Phi) is 13.9. The largest absolute Gasteiger partial charge is 0.307 e. The summed E-state index contributed by atoms with van der Waals surface area (Å²) < 4.78 is 2.68. The van der Waals surface area contributed by atoms with Crippen LogP contribution in [0.4, 0.5) is 0 Å². The van der Waals surface area contributed by atoms with E-state index in [-0.39, 0.29) is 21.7 Å². The minimum absolute atomic E-state index is 0.0959. The van der Waals surface area contributed by atoms with Crippen LogP contribution >= 0.6 is 0 Å². The monoisotopic (exact) mass is 1080 g/mol. The van der Waals surface area contributed by atoms with Gasteiger partial charge in [0.25, 0.3) is 0 Å². The van der Waals surface area contributed by atoms with Gasteiger partial charge < -0.3 is 4.57 Å². The second-order valence-corrected chi connectivity index (χ2v) is 26.6. The van der Waals surface area contributed by atoms with Crippen molar-refractivity contribution < 1.29 is 0 Å². The zero-order valence-corrected chi connectivity index (χ0v) is 50.2. The van der Waals surface area contributed by atoms with E-state index in [9.17, 15) is 0 Å². The molecule has 4 heteroatoms. The molecule has 0 bridgehead atoms. The number of rotatable bonds is 9. The Bertz CT molecular complexity index is 4130. The SMILES string of the molecule is CC(C)(C)c1cc(C(C)(C)C)c2c(c1)c1cc(C(C)(C)C)cc(C(C)(C)C)c1n2-c1c(-c2ccccc2)cc(-c2nc(-c3ccc(-c4ccccc4)cc3)nc(-c3cc(-c4ccccc4)cc(-c4ccccc4)c3)n2)cc1-c1ccccc1. The van der Waals surface area contributed by atoms with E-state index < -0.39 is 0 Å². The molecular weight excluding hydrogens is 1000 g/mol. The molecule has 12 aromatic rings. The molecule has 12 rings (SSSR count). The van der Waals surface area contributed by atoms with Crippen molar-refractivity contribution >= 4 is 21.8 Å². The van der Waals surface area contributed by atoms with E-state index in [0.717, 1.165) is 78.0 Å². The minimum atomic E-state index is -0.227. The lowest BCUT2D eigenvalue weighted by Gasteiger charge is -2.29. The van der Waals surface area contributed by atoms with Gasteiger partial charge in [0.05, 0.1) is 16.7 Å². The van der Waals surface area contributed by atoms with E-state index in [0.29, 0.717) is 17.5 Å². The third-order valence-corrected chi connectivity index (χ3v) is 16.4. The van der Waals surface area contributed by atoms with Gasteiger partial charge in [-0.2, -0.15) is 0 Å². The van der Waals surface area contributed by atoms with Gasteiger partial charge >= 0.3 is 0 Å². The van der Waals surface area contributed by atoms with Crippen LogP contribution in [0, 0.1) is 0 Å². The summed E-state index contributed by atoms with van der Waals surface area (Å²) in [5.74, 6) is 1.77. The van der Waals surface area contributed by atoms with Crippen LogP contribution in [-0.4, -0.2) is 19.5 Å². The van der Waals surface area contributed by atoms with Crippen molar-refractivity contribution in [2.75, 3.05) is 0 Å². The van der Waals surface area contributed by atoms with E-state index in [1.807, 2.05) is 0 Å². The molecule has 0 aliphatic rings. The Labute approximate surface area is 491 Å². The molecule has 0 spiro atoms. The van der Waals surface area contributed by atoms with Crippen LogP contribution in [0.5, 0.6) is 0 Å². The molecule has 0 amide bonds. The first-order chi connectivity index (χ1) is 39.7. The summed E-state index contributed by atoms with van der Waals surface area (Å²) in [5.41, 5.74) is 21.9. The highest BCUT2D eigenvalue weighted by Gasteiger charge is 2.33. The molecule has 0 saturated carbocycles. The molecule has 2 aromatic heterocycles. The fourth-order valence-electron chi connectivity index (χ4n) is 11.7. The van der Waals surface area contributed by atoms with Gasteiger partial charge in [0.2, 0.25) is 0 Å². The van der Waals surface area contributed by atoms with Gasteiger partial charge in [-0.1, -0.05) is 271 Å². The van der Waals surface area contributed by atoms with Crippen molar-refractivity contribution in [3.8, 4) is 95.5 Å². The van der Waals surface area contributed by atoms with Crippen molar-refractivity contribution in [3.05, 3.63) is 253 Å². The Morgan fingerprint density at radius 1 is 0.253 bits per heavy atom. The van der Waals surface area contributed by atoms with Crippen LogP contribution in [0.3, 0.4) is 0 Å². The first kappa shape index (κ1) is 54.6. The van der Waals surface area contributed by atoms with Crippen LogP contribution in [0.15, 0.2) is 231 Å². The topological polar surface area (TPSA) is 43.6 Å². The third-order valence-electron chi connectivity index (χ3n) is 16.4. The van der Waals surface area contributed by atoms with Crippen molar-refractivity contribution in [1.82, 2.24) is 19.5 Å². The summed E-state index contributed by atoms with van der Waals surface area (Å²) in [6.45, 7) is 28.4. The van der Waals surface area contributed by atoms with Gasteiger partial charge in [-0.3, -0.25) is 0 Å². The summed E-state index contributed by atoms with van der Waals surface area (Å²) in [5, 5.41) is 2.54. The summed E-state index contributed by atoms with van der Waals surface area (Å²) in [6.07, 6.45) is 0. The van der Waals surface area contributed by atoms with Gasteiger partial charge in [-0.15, -0.1) is 0 Å². The van der Waals surface area contributed by atoms with Gasteiger partial charge in [0, 0.05) is 38.6 Å². The summed E-state index contributed by atoms with van der Waals surface area (Å²) in [4.78, 5) is 16.6. The molecule has 0 fully saturated rings. The minimum Gasteiger partial charge on any atom is -0.307 e. The molecule has 0 saturated heterocycles. The van der Waals surface area contributed by atoms with E-state index in [1.54, 1.807) is 0 Å². The lowest BCUT2D eigenvalue weighted by Crippen LogP contribution is -2.19. The maximum Gasteiger partial charge on any atom is 0.164 e. The fourth-order valence-corrected chi connectivity index (χ4v) is 11.7. The number of fused-ring (bicyclic) bond motifs is 3. The zero-order chi connectivity index (χ0) is 58.0. The average molecular weight is 1080 g/mol. The van der Waals surface area contributed by atoms with Gasteiger partial charge in [0.1, 0.15) is 0 Å². The molecule has 0 aliphatic carbocycles. The Morgan fingerprint density at radius 2 is 0.542 bits per heavy atom. The molecule has 0 unspecified atom stereocenters. The maximum absolute atomic E-state index is 5.63. The Hall–Kier alpha value is -8.99. The third kappa shape index (κ3) is 10.8. The normalized spacial score (nSPS) is 12.3. The molecular formula is C79H74N4. The maximum atomic E-state index is 5.63. The van der Waals surface area contributed by atoms with Crippen molar-refractivity contribution in [1.29, 1.82) is 0 Å². The van der Waals surface area contributed by atoms with Crippen LogP contribution in [0.25, 0.3) is 117 Å². The predicted molar refractivity (Wildman–Crippen MR) is 352 cm³/mol. The highest BCUT2D eigenvalue weighted by atomic mass is 15.0. The summed E-state index contributed by atoms with van der Waals surface area (Å²) in [7, 11) is 0. The number of hydrogen-bond donors (Lipinski definition) is 0. The lowest BCUT2D eigenvalue weighted by molar-refractivity contribution is 0.571. The highest BCUT2D eigenvalue weighted by molar-refractivity contribution is 6.14. The van der Waals surface area contributed by atoms with Crippen LogP contribution < -0.4 is 0 Å². The lowest BCUT2D eigenvalue weighted by atomic mass is 9.78. The Morgan fingerprint density at radius 3 is 0.892 bits per heavy atom. The number of aromatic nitrogens is 4. The standard InChI is InChI=1S/C79H74N4/c1-76(2,3)62-47-66-67-48-63(77(4,5)6)50-69(79(10,11)12)72(67)83(71(66)68(49-62)78(7,8)9)70-64(55-34-24-16-25-35-55)45-61(46-65(70)56-36-26-17-27-37-56)75-81-73(57-40-38-54(39-41-57)51-28-18-13-19-29-51)80-74(82-75)60-43-58(52-30-20-14-21-31-52)42-59(44-60)53-32-22-15-23-33-53/h13-50H,1-12H3. The first-order valence-electron chi connectivity index (χ1n) is 29.3. The Balaban J connectivity index is 1.22. The molecule has 4 nitrogen and oxygen atoms in total. The smallest absolute Gasteiger partial charge is 0.164 e. The van der Waals surface area contributed by atoms with Gasteiger partial charge in [-0.25, -0.2) is 15.0 Å². The fraction of sp³-hybridized carbons (Fsp3) is 0.203. The van der Waals surface area contributed by atoms with Crippen LogP contribution in [0.1, 0.15) is 105 Å². The number of benzene rings is 10. The summed E-state index contributed by atoms with van der Waals surface area (Å²) >= 11 is 0. The predicted octanol–water partition coefficient (Wildman–Crippen LogP) is 21.5. The molecule has 0 radical (unpaired) electrons. The van der Waals surface area contributed by atoms with Crippen molar-refractivity contribution in [2.24, 2.45) is 0 Å². The van der Waals surface area contributed by atoms with E-state index in [4.69, 9.17) is 15.0 Å².